The van der Waals surface area contributed by atoms with Gasteiger partial charge in [-0.3, -0.25) is 4.79 Å². The fourth-order valence-electron chi connectivity index (χ4n) is 4.22. The molecule has 0 aliphatic carbocycles. The number of carbonyl (C=O) groups is 1. The molecule has 1 aliphatic rings. The van der Waals surface area contributed by atoms with E-state index in [9.17, 15) is 13.2 Å². The Labute approximate surface area is 190 Å². The van der Waals surface area contributed by atoms with Crippen LogP contribution in [0.25, 0.3) is 10.8 Å². The van der Waals surface area contributed by atoms with Crippen molar-refractivity contribution in [1.29, 1.82) is 0 Å². The Hall–Kier alpha value is -2.70. The van der Waals surface area contributed by atoms with Gasteiger partial charge in [-0.05, 0) is 59.4 Å². The third-order valence-corrected chi connectivity index (χ3v) is 8.08. The topological polar surface area (TPSA) is 57.7 Å². The highest BCUT2D eigenvalue weighted by molar-refractivity contribution is 7.89. The molecule has 1 fully saturated rings. The quantitative estimate of drug-likeness (QED) is 0.528. The van der Waals surface area contributed by atoms with Crippen LogP contribution in [0, 0.1) is 0 Å². The van der Waals surface area contributed by atoms with Gasteiger partial charge in [0.1, 0.15) is 0 Å². The lowest BCUT2D eigenvalue weighted by atomic mass is 10.1. The van der Waals surface area contributed by atoms with Gasteiger partial charge in [0.2, 0.25) is 15.9 Å². The lowest BCUT2D eigenvalue weighted by Gasteiger charge is -2.25. The van der Waals surface area contributed by atoms with Gasteiger partial charge in [-0.25, -0.2) is 8.42 Å². The predicted octanol–water partition coefficient (Wildman–Crippen LogP) is 4.61. The zero-order chi connectivity index (χ0) is 22.6. The van der Waals surface area contributed by atoms with Gasteiger partial charge in [0.15, 0.2) is 0 Å². The maximum absolute atomic E-state index is 12.8. The smallest absolute Gasteiger partial charge is 0.243 e. The van der Waals surface area contributed by atoms with E-state index in [0.717, 1.165) is 30.4 Å². The summed E-state index contributed by atoms with van der Waals surface area (Å²) >= 11 is 0. The highest BCUT2D eigenvalue weighted by Gasteiger charge is 2.25. The number of carbonyl (C=O) groups excluding carboxylic acids is 1. The van der Waals surface area contributed by atoms with Crippen LogP contribution in [0.3, 0.4) is 0 Å². The number of amides is 1. The summed E-state index contributed by atoms with van der Waals surface area (Å²) < 4.78 is 27.1. The largest absolute Gasteiger partial charge is 0.341 e. The van der Waals surface area contributed by atoms with Gasteiger partial charge in [-0.15, -0.1) is 0 Å². The molecule has 0 atom stereocenters. The average molecular weight is 451 g/mol. The summed E-state index contributed by atoms with van der Waals surface area (Å²) in [6.45, 7) is 1.76. The van der Waals surface area contributed by atoms with Crippen LogP contribution in [-0.2, 0) is 27.8 Å². The van der Waals surface area contributed by atoms with E-state index in [1.807, 2.05) is 31.3 Å². The van der Waals surface area contributed by atoms with E-state index >= 15 is 0 Å². The predicted molar refractivity (Wildman–Crippen MR) is 128 cm³/mol. The fourth-order valence-corrected chi connectivity index (χ4v) is 5.74. The molecule has 0 bridgehead atoms. The maximum Gasteiger partial charge on any atom is 0.243 e. The van der Waals surface area contributed by atoms with Crippen LogP contribution >= 0.6 is 0 Å². The minimum atomic E-state index is -3.42. The van der Waals surface area contributed by atoms with Crippen LogP contribution in [-0.4, -0.2) is 43.7 Å². The van der Waals surface area contributed by atoms with E-state index in [2.05, 4.69) is 30.3 Å². The first-order valence-electron chi connectivity index (χ1n) is 11.2. The van der Waals surface area contributed by atoms with Gasteiger partial charge >= 0.3 is 0 Å². The van der Waals surface area contributed by atoms with Gasteiger partial charge < -0.3 is 4.90 Å². The van der Waals surface area contributed by atoms with Gasteiger partial charge in [-0.1, -0.05) is 55.0 Å². The number of benzene rings is 3. The standard InChI is InChI=1S/C26H30N2O3S/c1-27(20-22-9-13-23-7-3-4-8-24(23)19-22)26(29)16-12-21-10-14-25(15-11-21)32(30,31)28-17-5-2-6-18-28/h3-4,7-11,13-15,19H,2,5-6,12,16-18,20H2,1H3. The Morgan fingerprint density at radius 3 is 2.25 bits per heavy atom. The summed E-state index contributed by atoms with van der Waals surface area (Å²) in [7, 11) is -1.59. The van der Waals surface area contributed by atoms with Crippen molar-refractivity contribution in [3.8, 4) is 0 Å². The summed E-state index contributed by atoms with van der Waals surface area (Å²) in [5.74, 6) is 0.0724. The number of nitrogens with zero attached hydrogens (tertiary/aromatic N) is 2. The molecule has 1 aliphatic heterocycles. The Balaban J connectivity index is 1.32. The molecule has 4 rings (SSSR count). The molecule has 6 heteroatoms. The Kier molecular flexibility index (Phi) is 6.92. The molecule has 5 nitrogen and oxygen atoms in total. The minimum Gasteiger partial charge on any atom is -0.341 e. The molecule has 0 aromatic heterocycles. The third kappa shape index (κ3) is 5.19. The molecule has 0 unspecified atom stereocenters. The van der Waals surface area contributed by atoms with Crippen molar-refractivity contribution in [3.05, 3.63) is 77.9 Å². The van der Waals surface area contributed by atoms with Crippen molar-refractivity contribution in [1.82, 2.24) is 9.21 Å². The monoisotopic (exact) mass is 450 g/mol. The van der Waals surface area contributed by atoms with E-state index in [0.29, 0.717) is 37.4 Å². The van der Waals surface area contributed by atoms with E-state index in [-0.39, 0.29) is 5.91 Å². The highest BCUT2D eigenvalue weighted by Crippen LogP contribution is 2.21. The molecular weight excluding hydrogens is 420 g/mol. The van der Waals surface area contributed by atoms with Gasteiger partial charge in [0.25, 0.3) is 0 Å². The SMILES string of the molecule is CN(Cc1ccc2ccccc2c1)C(=O)CCc1ccc(S(=O)(=O)N2CCCCC2)cc1. The Bertz CT molecular complexity index is 1180. The molecule has 3 aromatic carbocycles. The Morgan fingerprint density at radius 1 is 0.875 bits per heavy atom. The van der Waals surface area contributed by atoms with Gasteiger partial charge in [0.05, 0.1) is 4.90 Å². The van der Waals surface area contributed by atoms with Crippen LogP contribution in [0.1, 0.15) is 36.8 Å². The zero-order valence-corrected chi connectivity index (χ0v) is 19.4. The first-order valence-corrected chi connectivity index (χ1v) is 12.7. The van der Waals surface area contributed by atoms with Crippen molar-refractivity contribution < 1.29 is 13.2 Å². The van der Waals surface area contributed by atoms with E-state index in [1.165, 1.54) is 10.8 Å². The second-order valence-electron chi connectivity index (χ2n) is 8.54. The minimum absolute atomic E-state index is 0.0724. The first-order chi connectivity index (χ1) is 15.4. The molecule has 0 spiro atoms. The summed E-state index contributed by atoms with van der Waals surface area (Å²) in [6.07, 6.45) is 3.92. The highest BCUT2D eigenvalue weighted by atomic mass is 32.2. The molecule has 32 heavy (non-hydrogen) atoms. The average Bonchev–Trinajstić information content (AvgIpc) is 2.83. The van der Waals surface area contributed by atoms with E-state index < -0.39 is 10.0 Å². The van der Waals surface area contributed by atoms with Crippen molar-refractivity contribution in [2.24, 2.45) is 0 Å². The molecular formula is C26H30N2O3S. The van der Waals surface area contributed by atoms with Crippen molar-refractivity contribution in [3.63, 3.8) is 0 Å². The van der Waals surface area contributed by atoms with Crippen LogP contribution < -0.4 is 0 Å². The summed E-state index contributed by atoms with van der Waals surface area (Å²) in [4.78, 5) is 14.7. The number of rotatable bonds is 7. The van der Waals surface area contributed by atoms with Crippen LogP contribution in [0.5, 0.6) is 0 Å². The lowest BCUT2D eigenvalue weighted by molar-refractivity contribution is -0.130. The number of hydrogen-bond acceptors (Lipinski definition) is 3. The maximum atomic E-state index is 12.8. The molecule has 1 saturated heterocycles. The van der Waals surface area contributed by atoms with Crippen molar-refractivity contribution in [2.75, 3.05) is 20.1 Å². The molecule has 1 amide bonds. The molecule has 168 valence electrons. The lowest BCUT2D eigenvalue weighted by Crippen LogP contribution is -2.35. The number of hydrogen-bond donors (Lipinski definition) is 0. The molecule has 3 aromatic rings. The summed E-state index contributed by atoms with van der Waals surface area (Å²) in [6, 6.07) is 21.5. The second-order valence-corrected chi connectivity index (χ2v) is 10.5. The molecule has 0 N–H and O–H groups in total. The van der Waals surface area contributed by atoms with Crippen LogP contribution in [0.15, 0.2) is 71.6 Å². The molecule has 1 heterocycles. The van der Waals surface area contributed by atoms with Gasteiger partial charge in [-0.2, -0.15) is 4.31 Å². The van der Waals surface area contributed by atoms with E-state index in [1.54, 1.807) is 21.3 Å². The molecule has 0 radical (unpaired) electrons. The van der Waals surface area contributed by atoms with Crippen LogP contribution in [0.4, 0.5) is 0 Å². The molecule has 0 saturated carbocycles. The number of aryl methyl sites for hydroxylation is 1. The first kappa shape index (κ1) is 22.5. The number of piperidine rings is 1. The van der Waals surface area contributed by atoms with Gasteiger partial charge in [0, 0.05) is 33.1 Å². The fraction of sp³-hybridized carbons (Fsp3) is 0.346. The van der Waals surface area contributed by atoms with Crippen molar-refractivity contribution in [2.45, 2.75) is 43.5 Å². The normalized spacial score (nSPS) is 15.0. The second kappa shape index (κ2) is 9.84. The Morgan fingerprint density at radius 2 is 1.53 bits per heavy atom. The summed E-state index contributed by atoms with van der Waals surface area (Å²) in [5, 5.41) is 2.36. The number of fused-ring (bicyclic) bond motifs is 1. The van der Waals surface area contributed by atoms with Crippen molar-refractivity contribution >= 4 is 26.7 Å². The van der Waals surface area contributed by atoms with Crippen LogP contribution in [0.2, 0.25) is 0 Å². The zero-order valence-electron chi connectivity index (χ0n) is 18.5. The van der Waals surface area contributed by atoms with E-state index in [4.69, 9.17) is 0 Å². The number of sulfonamides is 1. The third-order valence-electron chi connectivity index (χ3n) is 6.16. The summed E-state index contributed by atoms with van der Waals surface area (Å²) in [5.41, 5.74) is 2.07.